The SMILES string of the molecule is COCCOc1c(Cl)cc(NC(=O)C2CCNCC2)cc1Cl. The van der Waals surface area contributed by atoms with E-state index in [-0.39, 0.29) is 11.8 Å². The van der Waals surface area contributed by atoms with Gasteiger partial charge in [-0.3, -0.25) is 4.79 Å². The van der Waals surface area contributed by atoms with Gasteiger partial charge in [0.05, 0.1) is 16.7 Å². The van der Waals surface area contributed by atoms with Gasteiger partial charge in [0.2, 0.25) is 5.91 Å². The van der Waals surface area contributed by atoms with Gasteiger partial charge in [0, 0.05) is 18.7 Å². The molecule has 1 aliphatic heterocycles. The summed E-state index contributed by atoms with van der Waals surface area (Å²) >= 11 is 12.3. The topological polar surface area (TPSA) is 59.6 Å². The van der Waals surface area contributed by atoms with E-state index in [4.69, 9.17) is 32.7 Å². The van der Waals surface area contributed by atoms with Crippen LogP contribution in [0.15, 0.2) is 12.1 Å². The quantitative estimate of drug-likeness (QED) is 0.777. The molecule has 122 valence electrons. The van der Waals surface area contributed by atoms with Gasteiger partial charge in [-0.25, -0.2) is 0 Å². The molecule has 0 atom stereocenters. The number of anilines is 1. The van der Waals surface area contributed by atoms with Crippen LogP contribution in [0.4, 0.5) is 5.69 Å². The van der Waals surface area contributed by atoms with E-state index in [1.165, 1.54) is 0 Å². The van der Waals surface area contributed by atoms with Crippen molar-refractivity contribution in [2.75, 3.05) is 38.7 Å². The van der Waals surface area contributed by atoms with Crippen molar-refractivity contribution in [3.8, 4) is 5.75 Å². The summed E-state index contributed by atoms with van der Waals surface area (Å²) in [5, 5.41) is 6.84. The average Bonchev–Trinajstić information content (AvgIpc) is 2.51. The van der Waals surface area contributed by atoms with Crippen LogP contribution in [0, 0.1) is 5.92 Å². The molecule has 5 nitrogen and oxygen atoms in total. The fourth-order valence-corrected chi connectivity index (χ4v) is 2.92. The highest BCUT2D eigenvalue weighted by atomic mass is 35.5. The molecule has 1 amide bonds. The van der Waals surface area contributed by atoms with Gasteiger partial charge in [-0.2, -0.15) is 0 Å². The van der Waals surface area contributed by atoms with Crippen molar-refractivity contribution in [1.29, 1.82) is 0 Å². The van der Waals surface area contributed by atoms with E-state index >= 15 is 0 Å². The second-order valence-corrected chi connectivity index (χ2v) is 5.94. The smallest absolute Gasteiger partial charge is 0.227 e. The van der Waals surface area contributed by atoms with Crippen LogP contribution in [0.25, 0.3) is 0 Å². The maximum Gasteiger partial charge on any atom is 0.227 e. The highest BCUT2D eigenvalue weighted by Crippen LogP contribution is 2.36. The molecule has 7 heteroatoms. The van der Waals surface area contributed by atoms with Gasteiger partial charge in [0.15, 0.2) is 5.75 Å². The third-order valence-corrected chi connectivity index (χ3v) is 4.07. The minimum Gasteiger partial charge on any atom is -0.488 e. The number of methoxy groups -OCH3 is 1. The lowest BCUT2D eigenvalue weighted by molar-refractivity contribution is -0.120. The van der Waals surface area contributed by atoms with Gasteiger partial charge in [-0.05, 0) is 38.1 Å². The normalized spacial score (nSPS) is 15.6. The first-order chi connectivity index (χ1) is 10.6. The summed E-state index contributed by atoms with van der Waals surface area (Å²) in [7, 11) is 1.59. The first-order valence-electron chi connectivity index (χ1n) is 7.24. The lowest BCUT2D eigenvalue weighted by Crippen LogP contribution is -2.34. The molecule has 2 N–H and O–H groups in total. The predicted octanol–water partition coefficient (Wildman–Crippen LogP) is 2.96. The number of carbonyl (C=O) groups excluding carboxylic acids is 1. The molecule has 0 saturated carbocycles. The van der Waals surface area contributed by atoms with Crippen LogP contribution in [0.3, 0.4) is 0 Å². The molecule has 1 aromatic rings. The molecule has 22 heavy (non-hydrogen) atoms. The zero-order chi connectivity index (χ0) is 15.9. The number of halogens is 2. The van der Waals surface area contributed by atoms with Crippen LogP contribution >= 0.6 is 23.2 Å². The second kappa shape index (κ2) is 8.58. The molecule has 1 heterocycles. The van der Waals surface area contributed by atoms with Gasteiger partial charge in [-0.1, -0.05) is 23.2 Å². The number of hydrogen-bond donors (Lipinski definition) is 2. The summed E-state index contributed by atoms with van der Waals surface area (Å²) in [5.41, 5.74) is 0.581. The van der Waals surface area contributed by atoms with E-state index in [1.807, 2.05) is 0 Å². The van der Waals surface area contributed by atoms with Gasteiger partial charge >= 0.3 is 0 Å². The second-order valence-electron chi connectivity index (χ2n) is 5.12. The Morgan fingerprint density at radius 2 is 1.91 bits per heavy atom. The molecular weight excluding hydrogens is 327 g/mol. The number of ether oxygens (including phenoxy) is 2. The van der Waals surface area contributed by atoms with E-state index in [9.17, 15) is 4.79 Å². The third kappa shape index (κ3) is 4.74. The maximum absolute atomic E-state index is 12.2. The van der Waals surface area contributed by atoms with Crippen LogP contribution in [0.5, 0.6) is 5.75 Å². The molecule has 0 aliphatic carbocycles. The summed E-state index contributed by atoms with van der Waals surface area (Å²) in [6.45, 7) is 2.54. The Hall–Kier alpha value is -1.01. The van der Waals surface area contributed by atoms with Crippen LogP contribution < -0.4 is 15.4 Å². The van der Waals surface area contributed by atoms with Gasteiger partial charge in [-0.15, -0.1) is 0 Å². The zero-order valence-corrected chi connectivity index (χ0v) is 14.0. The van der Waals surface area contributed by atoms with Crippen molar-refractivity contribution >= 4 is 34.8 Å². The monoisotopic (exact) mass is 346 g/mol. The van der Waals surface area contributed by atoms with Crippen LogP contribution in [-0.2, 0) is 9.53 Å². The van der Waals surface area contributed by atoms with E-state index in [2.05, 4.69) is 10.6 Å². The van der Waals surface area contributed by atoms with Gasteiger partial charge in [0.25, 0.3) is 0 Å². The molecule has 0 spiro atoms. The Bertz CT molecular complexity index is 497. The van der Waals surface area contributed by atoms with Crippen molar-refractivity contribution in [1.82, 2.24) is 5.32 Å². The van der Waals surface area contributed by atoms with Crippen LogP contribution in [-0.4, -0.2) is 39.3 Å². The molecular formula is C15H20Cl2N2O3. The lowest BCUT2D eigenvalue weighted by Gasteiger charge is -2.22. The molecule has 1 saturated heterocycles. The number of rotatable bonds is 6. The first kappa shape index (κ1) is 17.3. The molecule has 1 aromatic carbocycles. The lowest BCUT2D eigenvalue weighted by atomic mass is 9.97. The number of carbonyl (C=O) groups is 1. The van der Waals surface area contributed by atoms with Gasteiger partial charge < -0.3 is 20.1 Å². The average molecular weight is 347 g/mol. The Labute approximate surface area is 140 Å². The minimum absolute atomic E-state index is 0.00156. The largest absolute Gasteiger partial charge is 0.488 e. The summed E-state index contributed by atoms with van der Waals surface area (Å²) in [6, 6.07) is 3.29. The van der Waals surface area contributed by atoms with Gasteiger partial charge in [0.1, 0.15) is 6.61 Å². The zero-order valence-electron chi connectivity index (χ0n) is 12.5. The van der Waals surface area contributed by atoms with E-state index in [1.54, 1.807) is 19.2 Å². The standard InChI is InChI=1S/C15H20Cl2N2O3/c1-21-6-7-22-14-12(16)8-11(9-13(14)17)19-15(20)10-2-4-18-5-3-10/h8-10,18H,2-7H2,1H3,(H,19,20). The Kier molecular flexibility index (Phi) is 6.76. The van der Waals surface area contributed by atoms with Crippen LogP contribution in [0.2, 0.25) is 10.0 Å². The minimum atomic E-state index is 0.00156. The van der Waals surface area contributed by atoms with Crippen molar-refractivity contribution in [2.45, 2.75) is 12.8 Å². The molecule has 1 aliphatic rings. The van der Waals surface area contributed by atoms with Crippen molar-refractivity contribution in [2.24, 2.45) is 5.92 Å². The number of amides is 1. The molecule has 0 bridgehead atoms. The number of hydrogen-bond acceptors (Lipinski definition) is 4. The fraction of sp³-hybridized carbons (Fsp3) is 0.533. The van der Waals surface area contributed by atoms with Crippen molar-refractivity contribution in [3.63, 3.8) is 0 Å². The highest BCUT2D eigenvalue weighted by molar-refractivity contribution is 6.37. The number of benzene rings is 1. The highest BCUT2D eigenvalue weighted by Gasteiger charge is 2.21. The molecule has 1 fully saturated rings. The third-order valence-electron chi connectivity index (χ3n) is 3.51. The summed E-state index contributed by atoms with van der Waals surface area (Å²) in [4.78, 5) is 12.2. The molecule has 0 aromatic heterocycles. The number of nitrogens with one attached hydrogen (secondary N) is 2. The van der Waals surface area contributed by atoms with Crippen molar-refractivity contribution < 1.29 is 14.3 Å². The Balaban J connectivity index is 2.01. The Morgan fingerprint density at radius 1 is 1.27 bits per heavy atom. The predicted molar refractivity (Wildman–Crippen MR) is 88.1 cm³/mol. The number of piperidine rings is 1. The Morgan fingerprint density at radius 3 is 2.50 bits per heavy atom. The summed E-state index contributed by atoms with van der Waals surface area (Å²) in [6.07, 6.45) is 1.68. The first-order valence-corrected chi connectivity index (χ1v) is 7.99. The van der Waals surface area contributed by atoms with E-state index in [0.717, 1.165) is 25.9 Å². The van der Waals surface area contributed by atoms with E-state index in [0.29, 0.717) is 34.7 Å². The van der Waals surface area contributed by atoms with Crippen LogP contribution in [0.1, 0.15) is 12.8 Å². The maximum atomic E-state index is 12.2. The molecule has 0 unspecified atom stereocenters. The molecule has 0 radical (unpaired) electrons. The molecule has 2 rings (SSSR count). The fourth-order valence-electron chi connectivity index (χ4n) is 2.33. The summed E-state index contributed by atoms with van der Waals surface area (Å²) in [5.74, 6) is 0.429. The van der Waals surface area contributed by atoms with Crippen molar-refractivity contribution in [3.05, 3.63) is 22.2 Å². The summed E-state index contributed by atoms with van der Waals surface area (Å²) < 4.78 is 10.4. The van der Waals surface area contributed by atoms with E-state index < -0.39 is 0 Å².